The van der Waals surface area contributed by atoms with Crippen LogP contribution >= 0.6 is 11.3 Å². The molecule has 1 aromatic carbocycles. The molecule has 3 aromatic heterocycles. The number of nitrogens with zero attached hydrogens (tertiary/aromatic N) is 1. The minimum atomic E-state index is -0.0884. The SMILES string of the molecule is Cc1ccc(Cn2c(C(=O)NCc3ccco3)cc3sc(C)cc32)cc1. The number of aryl methyl sites for hydroxylation is 2. The lowest BCUT2D eigenvalue weighted by molar-refractivity contribution is 0.0939. The van der Waals surface area contributed by atoms with Crippen LogP contribution in [-0.4, -0.2) is 10.5 Å². The number of carbonyl (C=O) groups excluding carboxylic acids is 1. The van der Waals surface area contributed by atoms with Gasteiger partial charge in [-0.2, -0.15) is 0 Å². The van der Waals surface area contributed by atoms with Crippen LogP contribution < -0.4 is 5.32 Å². The fraction of sp³-hybridized carbons (Fsp3) is 0.190. The van der Waals surface area contributed by atoms with Crippen LogP contribution in [0.25, 0.3) is 10.2 Å². The number of furan rings is 1. The van der Waals surface area contributed by atoms with E-state index < -0.39 is 0 Å². The first kappa shape index (κ1) is 16.7. The maximum Gasteiger partial charge on any atom is 0.268 e. The third kappa shape index (κ3) is 3.30. The van der Waals surface area contributed by atoms with Gasteiger partial charge < -0.3 is 14.3 Å². The Morgan fingerprint density at radius 1 is 1.15 bits per heavy atom. The van der Waals surface area contributed by atoms with Gasteiger partial charge in [0.2, 0.25) is 0 Å². The maximum absolute atomic E-state index is 12.8. The van der Waals surface area contributed by atoms with Crippen molar-refractivity contribution in [3.63, 3.8) is 0 Å². The summed E-state index contributed by atoms with van der Waals surface area (Å²) < 4.78 is 8.53. The van der Waals surface area contributed by atoms with Gasteiger partial charge in [-0.3, -0.25) is 4.79 Å². The van der Waals surface area contributed by atoms with E-state index in [1.807, 2.05) is 18.2 Å². The van der Waals surface area contributed by atoms with Crippen LogP contribution in [0.5, 0.6) is 0 Å². The monoisotopic (exact) mass is 364 g/mol. The highest BCUT2D eigenvalue weighted by Gasteiger charge is 2.17. The summed E-state index contributed by atoms with van der Waals surface area (Å²) in [7, 11) is 0. The van der Waals surface area contributed by atoms with Crippen molar-refractivity contribution in [3.8, 4) is 0 Å². The molecule has 26 heavy (non-hydrogen) atoms. The smallest absolute Gasteiger partial charge is 0.268 e. The highest BCUT2D eigenvalue weighted by molar-refractivity contribution is 7.19. The molecule has 132 valence electrons. The number of carbonyl (C=O) groups is 1. The molecule has 4 aromatic rings. The maximum atomic E-state index is 12.8. The zero-order valence-corrected chi connectivity index (χ0v) is 15.6. The molecule has 5 heteroatoms. The van der Waals surface area contributed by atoms with Gasteiger partial charge in [0.25, 0.3) is 5.91 Å². The number of nitrogens with one attached hydrogen (secondary N) is 1. The molecule has 1 N–H and O–H groups in total. The van der Waals surface area contributed by atoms with Gasteiger partial charge in [0, 0.05) is 11.4 Å². The van der Waals surface area contributed by atoms with Gasteiger partial charge in [0.1, 0.15) is 11.5 Å². The molecule has 0 aliphatic rings. The Labute approximate surface area is 156 Å². The van der Waals surface area contributed by atoms with E-state index in [4.69, 9.17) is 4.42 Å². The van der Waals surface area contributed by atoms with Crippen molar-refractivity contribution < 1.29 is 9.21 Å². The molecule has 0 saturated carbocycles. The number of fused-ring (bicyclic) bond motifs is 1. The standard InChI is InChI=1S/C21H20N2O2S/c1-14-5-7-16(8-6-14)13-23-18-10-15(2)26-20(18)11-19(23)21(24)22-12-17-4-3-9-25-17/h3-11H,12-13H2,1-2H3,(H,22,24). The Bertz CT molecular complexity index is 1040. The molecule has 0 fully saturated rings. The Morgan fingerprint density at radius 3 is 2.69 bits per heavy atom. The second kappa shape index (κ2) is 6.84. The summed E-state index contributed by atoms with van der Waals surface area (Å²) in [4.78, 5) is 14.0. The molecule has 0 atom stereocenters. The summed E-state index contributed by atoms with van der Waals surface area (Å²) in [6.07, 6.45) is 1.61. The average molecular weight is 364 g/mol. The molecule has 0 bridgehead atoms. The van der Waals surface area contributed by atoms with E-state index in [1.54, 1.807) is 17.6 Å². The minimum Gasteiger partial charge on any atom is -0.467 e. The molecule has 0 saturated heterocycles. The second-order valence-electron chi connectivity index (χ2n) is 6.47. The number of thiophene rings is 1. The zero-order chi connectivity index (χ0) is 18.1. The number of hydrogen-bond donors (Lipinski definition) is 1. The Kier molecular flexibility index (Phi) is 4.39. The summed E-state index contributed by atoms with van der Waals surface area (Å²) in [6, 6.07) is 16.2. The summed E-state index contributed by atoms with van der Waals surface area (Å²) >= 11 is 1.71. The first-order valence-electron chi connectivity index (χ1n) is 8.56. The van der Waals surface area contributed by atoms with E-state index in [9.17, 15) is 4.79 Å². The van der Waals surface area contributed by atoms with E-state index in [0.717, 1.165) is 16.0 Å². The Hall–Kier alpha value is -2.79. The van der Waals surface area contributed by atoms with Gasteiger partial charge in [-0.15, -0.1) is 11.3 Å². The molecule has 0 aliphatic carbocycles. The summed E-state index contributed by atoms with van der Waals surface area (Å²) in [5.74, 6) is 0.655. The quantitative estimate of drug-likeness (QED) is 0.548. The normalized spacial score (nSPS) is 11.2. The highest BCUT2D eigenvalue weighted by atomic mass is 32.1. The predicted octanol–water partition coefficient (Wildman–Crippen LogP) is 4.89. The number of aromatic nitrogens is 1. The lowest BCUT2D eigenvalue weighted by atomic mass is 10.1. The van der Waals surface area contributed by atoms with Gasteiger partial charge in [-0.25, -0.2) is 0 Å². The van der Waals surface area contributed by atoms with Crippen LogP contribution in [0.15, 0.2) is 59.2 Å². The molecule has 4 nitrogen and oxygen atoms in total. The van der Waals surface area contributed by atoms with E-state index in [1.165, 1.54) is 16.0 Å². The van der Waals surface area contributed by atoms with Gasteiger partial charge in [-0.1, -0.05) is 29.8 Å². The van der Waals surface area contributed by atoms with Crippen molar-refractivity contribution in [2.24, 2.45) is 0 Å². The molecule has 4 rings (SSSR count). The van der Waals surface area contributed by atoms with Crippen LogP contribution in [0.4, 0.5) is 0 Å². The molecule has 0 spiro atoms. The van der Waals surface area contributed by atoms with Crippen molar-refractivity contribution in [3.05, 3.63) is 82.3 Å². The molecular weight excluding hydrogens is 344 g/mol. The molecule has 1 amide bonds. The van der Waals surface area contributed by atoms with Crippen molar-refractivity contribution in [2.45, 2.75) is 26.9 Å². The lowest BCUT2D eigenvalue weighted by Crippen LogP contribution is -2.25. The lowest BCUT2D eigenvalue weighted by Gasteiger charge is -2.11. The first-order chi connectivity index (χ1) is 12.6. The fourth-order valence-electron chi connectivity index (χ4n) is 3.07. The summed E-state index contributed by atoms with van der Waals surface area (Å²) in [5, 5.41) is 2.95. The van der Waals surface area contributed by atoms with Crippen molar-refractivity contribution in [1.82, 2.24) is 9.88 Å². The number of amides is 1. The van der Waals surface area contributed by atoms with Crippen LogP contribution in [0, 0.1) is 13.8 Å². The van der Waals surface area contributed by atoms with Crippen LogP contribution in [0.1, 0.15) is 32.3 Å². The van der Waals surface area contributed by atoms with Crippen molar-refractivity contribution in [2.75, 3.05) is 0 Å². The summed E-state index contributed by atoms with van der Waals surface area (Å²) in [5.41, 5.74) is 4.20. The third-order valence-electron chi connectivity index (χ3n) is 4.41. The van der Waals surface area contributed by atoms with E-state index in [0.29, 0.717) is 18.8 Å². The van der Waals surface area contributed by atoms with E-state index >= 15 is 0 Å². The third-order valence-corrected chi connectivity index (χ3v) is 5.40. The van der Waals surface area contributed by atoms with Crippen LogP contribution in [0.2, 0.25) is 0 Å². The second-order valence-corrected chi connectivity index (χ2v) is 7.76. The Morgan fingerprint density at radius 2 is 1.96 bits per heavy atom. The van der Waals surface area contributed by atoms with Gasteiger partial charge >= 0.3 is 0 Å². The van der Waals surface area contributed by atoms with Crippen molar-refractivity contribution in [1.29, 1.82) is 0 Å². The number of benzene rings is 1. The molecule has 0 unspecified atom stereocenters. The van der Waals surface area contributed by atoms with E-state index in [-0.39, 0.29) is 5.91 Å². The average Bonchev–Trinajstić information content (AvgIpc) is 3.32. The molecule has 3 heterocycles. The van der Waals surface area contributed by atoms with Crippen molar-refractivity contribution >= 4 is 27.5 Å². The molecular formula is C21H20N2O2S. The van der Waals surface area contributed by atoms with Gasteiger partial charge in [0.05, 0.1) is 23.0 Å². The van der Waals surface area contributed by atoms with E-state index in [2.05, 4.69) is 54.1 Å². The minimum absolute atomic E-state index is 0.0884. The Balaban J connectivity index is 1.65. The summed E-state index contributed by atoms with van der Waals surface area (Å²) in [6.45, 7) is 5.22. The fourth-order valence-corrected chi connectivity index (χ4v) is 4.03. The molecule has 0 radical (unpaired) electrons. The number of rotatable bonds is 5. The topological polar surface area (TPSA) is 47.2 Å². The first-order valence-corrected chi connectivity index (χ1v) is 9.37. The highest BCUT2D eigenvalue weighted by Crippen LogP contribution is 2.29. The zero-order valence-electron chi connectivity index (χ0n) is 14.8. The largest absolute Gasteiger partial charge is 0.467 e. The van der Waals surface area contributed by atoms with Crippen LogP contribution in [0.3, 0.4) is 0 Å². The van der Waals surface area contributed by atoms with Gasteiger partial charge in [-0.05, 0) is 43.7 Å². The van der Waals surface area contributed by atoms with Crippen LogP contribution in [-0.2, 0) is 13.1 Å². The molecule has 0 aliphatic heterocycles. The number of hydrogen-bond acceptors (Lipinski definition) is 3. The predicted molar refractivity (Wildman–Crippen MR) is 105 cm³/mol. The van der Waals surface area contributed by atoms with Gasteiger partial charge in [0.15, 0.2) is 0 Å².